The summed E-state index contributed by atoms with van der Waals surface area (Å²) in [7, 11) is 0. The summed E-state index contributed by atoms with van der Waals surface area (Å²) < 4.78 is 11.1. The van der Waals surface area contributed by atoms with Gasteiger partial charge in [-0.05, 0) is 43.3 Å². The van der Waals surface area contributed by atoms with Crippen molar-refractivity contribution in [1.29, 1.82) is 0 Å². The summed E-state index contributed by atoms with van der Waals surface area (Å²) in [6.45, 7) is 1.76. The maximum absolute atomic E-state index is 11.5. The van der Waals surface area contributed by atoms with Gasteiger partial charge < -0.3 is 14.3 Å². The van der Waals surface area contributed by atoms with Crippen molar-refractivity contribution in [2.45, 2.75) is 6.92 Å². The fourth-order valence-corrected chi connectivity index (χ4v) is 2.23. The second-order valence-electron chi connectivity index (χ2n) is 4.60. The van der Waals surface area contributed by atoms with Crippen molar-refractivity contribution in [3.05, 3.63) is 42.0 Å². The van der Waals surface area contributed by atoms with Crippen molar-refractivity contribution in [3.8, 4) is 5.75 Å². The molecule has 20 heavy (non-hydrogen) atoms. The first kappa shape index (κ1) is 12.7. The average molecular weight is 270 g/mol. The Labute approximate surface area is 115 Å². The number of carbonyl (C=O) groups is 1. The van der Waals surface area contributed by atoms with Crippen LogP contribution in [0.3, 0.4) is 0 Å². The first-order valence-electron chi connectivity index (χ1n) is 6.40. The number of benzene rings is 2. The van der Waals surface area contributed by atoms with Crippen LogP contribution in [-0.4, -0.2) is 24.1 Å². The summed E-state index contributed by atoms with van der Waals surface area (Å²) >= 11 is 0. The van der Waals surface area contributed by atoms with Gasteiger partial charge in [0.05, 0.1) is 6.61 Å². The first-order chi connectivity index (χ1) is 9.69. The van der Waals surface area contributed by atoms with Crippen LogP contribution in [0.5, 0.6) is 5.75 Å². The molecule has 102 valence electrons. The normalized spacial score (nSPS) is 11.1. The van der Waals surface area contributed by atoms with Crippen LogP contribution in [0.25, 0.3) is 21.9 Å². The third-order valence-corrected chi connectivity index (χ3v) is 3.21. The van der Waals surface area contributed by atoms with E-state index in [0.717, 1.165) is 21.9 Å². The molecule has 0 saturated carbocycles. The van der Waals surface area contributed by atoms with Crippen LogP contribution in [-0.2, 0) is 0 Å². The van der Waals surface area contributed by atoms with E-state index in [1.54, 1.807) is 25.1 Å². The van der Waals surface area contributed by atoms with Crippen LogP contribution in [0.2, 0.25) is 0 Å². The largest absolute Gasteiger partial charge is 0.491 e. The van der Waals surface area contributed by atoms with E-state index in [9.17, 15) is 4.79 Å². The SMILES string of the molecule is CC(=O)c1ccc2oc3ccc(OCCO)cc3c2c1. The van der Waals surface area contributed by atoms with Crippen molar-refractivity contribution in [2.24, 2.45) is 0 Å². The molecule has 0 radical (unpaired) electrons. The van der Waals surface area contributed by atoms with Crippen LogP contribution in [0.4, 0.5) is 0 Å². The van der Waals surface area contributed by atoms with Gasteiger partial charge >= 0.3 is 0 Å². The number of hydrogen-bond donors (Lipinski definition) is 1. The Balaban J connectivity index is 2.17. The fourth-order valence-electron chi connectivity index (χ4n) is 2.23. The highest BCUT2D eigenvalue weighted by Crippen LogP contribution is 2.32. The quantitative estimate of drug-likeness (QED) is 0.740. The van der Waals surface area contributed by atoms with E-state index >= 15 is 0 Å². The van der Waals surface area contributed by atoms with Gasteiger partial charge in [-0.3, -0.25) is 4.79 Å². The lowest BCUT2D eigenvalue weighted by atomic mass is 10.1. The number of Topliss-reactive ketones (excluding diaryl/α,β-unsaturated/α-hetero) is 1. The molecule has 0 fully saturated rings. The van der Waals surface area contributed by atoms with Gasteiger partial charge in [-0.2, -0.15) is 0 Å². The predicted molar refractivity (Wildman–Crippen MR) is 76.3 cm³/mol. The maximum atomic E-state index is 11.5. The molecule has 3 aromatic rings. The highest BCUT2D eigenvalue weighted by molar-refractivity contribution is 6.08. The molecule has 0 spiro atoms. The lowest BCUT2D eigenvalue weighted by molar-refractivity contribution is 0.101. The van der Waals surface area contributed by atoms with Crippen LogP contribution >= 0.6 is 0 Å². The number of ketones is 1. The molecular formula is C16H14O4. The second kappa shape index (κ2) is 4.98. The molecule has 1 heterocycles. The number of aliphatic hydroxyl groups excluding tert-OH is 1. The molecule has 0 aliphatic rings. The van der Waals surface area contributed by atoms with E-state index in [2.05, 4.69) is 0 Å². The third kappa shape index (κ3) is 2.14. The fraction of sp³-hybridized carbons (Fsp3) is 0.188. The minimum atomic E-state index is -0.0291. The zero-order valence-electron chi connectivity index (χ0n) is 11.1. The molecule has 0 bridgehead atoms. The van der Waals surface area contributed by atoms with E-state index in [4.69, 9.17) is 14.3 Å². The summed E-state index contributed by atoms with van der Waals surface area (Å²) in [6, 6.07) is 10.9. The number of furan rings is 1. The summed E-state index contributed by atoms with van der Waals surface area (Å²) in [5.41, 5.74) is 2.14. The van der Waals surface area contributed by atoms with E-state index in [1.165, 1.54) is 0 Å². The van der Waals surface area contributed by atoms with Crippen LogP contribution < -0.4 is 4.74 Å². The Kier molecular flexibility index (Phi) is 3.16. The zero-order chi connectivity index (χ0) is 14.1. The van der Waals surface area contributed by atoms with Crippen molar-refractivity contribution in [1.82, 2.24) is 0 Å². The molecule has 4 nitrogen and oxygen atoms in total. The van der Waals surface area contributed by atoms with Crippen LogP contribution in [0.15, 0.2) is 40.8 Å². The molecule has 0 aliphatic carbocycles. The number of fused-ring (bicyclic) bond motifs is 3. The molecule has 0 atom stereocenters. The van der Waals surface area contributed by atoms with E-state index in [1.807, 2.05) is 18.2 Å². The Morgan fingerprint density at radius 3 is 2.55 bits per heavy atom. The second-order valence-corrected chi connectivity index (χ2v) is 4.60. The first-order valence-corrected chi connectivity index (χ1v) is 6.40. The molecule has 0 saturated heterocycles. The Hall–Kier alpha value is -2.33. The van der Waals surface area contributed by atoms with Crippen molar-refractivity contribution in [2.75, 3.05) is 13.2 Å². The standard InChI is InChI=1S/C16H14O4/c1-10(18)11-2-4-15-13(8-11)14-9-12(19-7-6-17)3-5-16(14)20-15/h2-5,8-9,17H,6-7H2,1H3. The number of carbonyl (C=O) groups excluding carboxylic acids is 1. The van der Waals surface area contributed by atoms with E-state index < -0.39 is 0 Å². The maximum Gasteiger partial charge on any atom is 0.159 e. The third-order valence-electron chi connectivity index (χ3n) is 3.21. The molecular weight excluding hydrogens is 256 g/mol. The van der Waals surface area contributed by atoms with Gasteiger partial charge in [0, 0.05) is 16.3 Å². The van der Waals surface area contributed by atoms with Crippen molar-refractivity contribution in [3.63, 3.8) is 0 Å². The summed E-state index contributed by atoms with van der Waals surface area (Å²) in [6.07, 6.45) is 0. The highest BCUT2D eigenvalue weighted by atomic mass is 16.5. The monoisotopic (exact) mass is 270 g/mol. The molecule has 0 amide bonds. The molecule has 1 aromatic heterocycles. The van der Waals surface area contributed by atoms with Gasteiger partial charge in [-0.15, -0.1) is 0 Å². The highest BCUT2D eigenvalue weighted by Gasteiger charge is 2.10. The molecule has 2 aromatic carbocycles. The lowest BCUT2D eigenvalue weighted by Crippen LogP contribution is -2.01. The van der Waals surface area contributed by atoms with Gasteiger partial charge in [0.1, 0.15) is 23.5 Å². The van der Waals surface area contributed by atoms with Crippen molar-refractivity contribution < 1.29 is 19.1 Å². The lowest BCUT2D eigenvalue weighted by Gasteiger charge is -2.03. The smallest absolute Gasteiger partial charge is 0.159 e. The minimum Gasteiger partial charge on any atom is -0.491 e. The molecule has 0 aliphatic heterocycles. The Bertz CT molecular complexity index is 786. The number of ether oxygens (including phenoxy) is 1. The molecule has 0 unspecified atom stereocenters. The Morgan fingerprint density at radius 2 is 1.85 bits per heavy atom. The van der Waals surface area contributed by atoms with E-state index in [0.29, 0.717) is 11.3 Å². The molecule has 3 rings (SSSR count). The van der Waals surface area contributed by atoms with Crippen LogP contribution in [0.1, 0.15) is 17.3 Å². The summed E-state index contributed by atoms with van der Waals surface area (Å²) in [5.74, 6) is 0.691. The number of rotatable bonds is 4. The number of hydrogen-bond acceptors (Lipinski definition) is 4. The predicted octanol–water partition coefficient (Wildman–Crippen LogP) is 3.16. The topological polar surface area (TPSA) is 59.7 Å². The van der Waals surface area contributed by atoms with Gasteiger partial charge in [0.15, 0.2) is 5.78 Å². The van der Waals surface area contributed by atoms with Crippen LogP contribution in [0, 0.1) is 0 Å². The van der Waals surface area contributed by atoms with Crippen molar-refractivity contribution >= 4 is 27.7 Å². The average Bonchev–Trinajstić information content (AvgIpc) is 2.82. The van der Waals surface area contributed by atoms with Gasteiger partial charge in [-0.25, -0.2) is 0 Å². The van der Waals surface area contributed by atoms with Gasteiger partial charge in [0.2, 0.25) is 0 Å². The molecule has 1 N–H and O–H groups in total. The minimum absolute atomic E-state index is 0.0222. The van der Waals surface area contributed by atoms with E-state index in [-0.39, 0.29) is 19.0 Å². The number of aliphatic hydroxyl groups is 1. The summed E-state index contributed by atoms with van der Waals surface area (Å²) in [4.78, 5) is 11.5. The van der Waals surface area contributed by atoms with Gasteiger partial charge in [-0.1, -0.05) is 0 Å². The summed E-state index contributed by atoms with van der Waals surface area (Å²) in [5, 5.41) is 10.6. The zero-order valence-corrected chi connectivity index (χ0v) is 11.1. The molecule has 4 heteroatoms. The Morgan fingerprint density at radius 1 is 1.15 bits per heavy atom. The van der Waals surface area contributed by atoms with Gasteiger partial charge in [0.25, 0.3) is 0 Å².